The van der Waals surface area contributed by atoms with Crippen LogP contribution in [0.5, 0.6) is 0 Å². The smallest absolute Gasteiger partial charge is 0.133 e. The fraction of sp³-hybridized carbons (Fsp3) is 0.286. The maximum atomic E-state index is 5.34. The Bertz CT molecular complexity index is 168. The molecule has 1 aromatic rings. The zero-order valence-corrected chi connectivity index (χ0v) is 5.55. The molecule has 1 heterocycles. The van der Waals surface area contributed by atoms with Crippen molar-refractivity contribution in [2.24, 2.45) is 0 Å². The molecule has 2 radical (unpaired) electrons. The Balaban J connectivity index is 3.17. The predicted molar refractivity (Wildman–Crippen MR) is 34.9 cm³/mol. The molecule has 0 saturated carbocycles. The summed E-state index contributed by atoms with van der Waals surface area (Å²) in [5.74, 6) is 0.354. The van der Waals surface area contributed by atoms with Crippen molar-refractivity contribution in [2.75, 3.05) is 0 Å². The molecule has 0 aliphatic heterocycles. The van der Waals surface area contributed by atoms with Crippen LogP contribution in [-0.4, -0.2) is 9.97 Å². The Hall–Kier alpha value is -0.920. The first-order chi connectivity index (χ1) is 4.18. The SMILES string of the molecule is [CH]c1nc(C)cc(C)n1. The van der Waals surface area contributed by atoms with Gasteiger partial charge in [-0.3, -0.25) is 0 Å². The zero-order valence-electron chi connectivity index (χ0n) is 5.55. The summed E-state index contributed by atoms with van der Waals surface area (Å²) < 4.78 is 0. The van der Waals surface area contributed by atoms with Gasteiger partial charge in [0.2, 0.25) is 0 Å². The number of aromatic nitrogens is 2. The lowest BCUT2D eigenvalue weighted by atomic mass is 10.3. The van der Waals surface area contributed by atoms with E-state index in [1.54, 1.807) is 0 Å². The first-order valence-corrected chi connectivity index (χ1v) is 2.76. The molecule has 46 valence electrons. The van der Waals surface area contributed by atoms with E-state index in [9.17, 15) is 0 Å². The van der Waals surface area contributed by atoms with Gasteiger partial charge in [-0.1, -0.05) is 0 Å². The number of hydrogen-bond donors (Lipinski definition) is 0. The van der Waals surface area contributed by atoms with Crippen molar-refractivity contribution in [3.8, 4) is 0 Å². The summed E-state index contributed by atoms with van der Waals surface area (Å²) in [6.45, 7) is 9.12. The van der Waals surface area contributed by atoms with Gasteiger partial charge in [0.15, 0.2) is 0 Å². The maximum Gasteiger partial charge on any atom is 0.133 e. The molecule has 0 amide bonds. The highest BCUT2D eigenvalue weighted by atomic mass is 14.9. The average molecular weight is 120 g/mol. The molecule has 0 bridgehead atoms. The lowest BCUT2D eigenvalue weighted by molar-refractivity contribution is 1.01. The second-order valence-corrected chi connectivity index (χ2v) is 2.01. The molecule has 0 aliphatic rings. The lowest BCUT2D eigenvalue weighted by Gasteiger charge is -1.94. The van der Waals surface area contributed by atoms with Crippen LogP contribution in [0.3, 0.4) is 0 Å². The van der Waals surface area contributed by atoms with Gasteiger partial charge in [0.1, 0.15) is 5.82 Å². The summed E-state index contributed by atoms with van der Waals surface area (Å²) in [6, 6.07) is 1.89. The Morgan fingerprint density at radius 2 is 1.67 bits per heavy atom. The van der Waals surface area contributed by atoms with Gasteiger partial charge >= 0.3 is 0 Å². The first-order valence-electron chi connectivity index (χ1n) is 2.76. The molecule has 2 nitrogen and oxygen atoms in total. The van der Waals surface area contributed by atoms with Gasteiger partial charge in [0.05, 0.1) is 0 Å². The molecule has 0 atom stereocenters. The number of rotatable bonds is 0. The maximum absolute atomic E-state index is 5.34. The molecule has 0 unspecified atom stereocenters. The van der Waals surface area contributed by atoms with E-state index in [2.05, 4.69) is 9.97 Å². The second kappa shape index (κ2) is 2.13. The van der Waals surface area contributed by atoms with Gasteiger partial charge in [0, 0.05) is 18.3 Å². The third-order valence-corrected chi connectivity index (χ3v) is 1.000. The summed E-state index contributed by atoms with van der Waals surface area (Å²) in [7, 11) is 0. The Kier molecular flexibility index (Phi) is 1.47. The highest BCUT2D eigenvalue weighted by Gasteiger charge is 1.90. The van der Waals surface area contributed by atoms with E-state index in [1.807, 2.05) is 19.9 Å². The lowest BCUT2D eigenvalue weighted by Crippen LogP contribution is -1.91. The third-order valence-electron chi connectivity index (χ3n) is 1.000. The van der Waals surface area contributed by atoms with Crippen LogP contribution in [0.25, 0.3) is 0 Å². The summed E-state index contributed by atoms with van der Waals surface area (Å²) in [5.41, 5.74) is 1.83. The third kappa shape index (κ3) is 1.49. The number of aryl methyl sites for hydroxylation is 2. The number of hydrogen-bond acceptors (Lipinski definition) is 2. The van der Waals surface area contributed by atoms with Crippen molar-refractivity contribution in [3.63, 3.8) is 0 Å². The summed E-state index contributed by atoms with van der Waals surface area (Å²) in [6.07, 6.45) is 0. The second-order valence-electron chi connectivity index (χ2n) is 2.01. The van der Waals surface area contributed by atoms with E-state index in [0.717, 1.165) is 11.4 Å². The van der Waals surface area contributed by atoms with Gasteiger partial charge in [0.25, 0.3) is 0 Å². The van der Waals surface area contributed by atoms with E-state index in [1.165, 1.54) is 0 Å². The first kappa shape index (κ1) is 6.20. The minimum absolute atomic E-state index is 0.354. The molecule has 0 aliphatic carbocycles. The molecule has 0 aromatic carbocycles. The molecular weight excluding hydrogens is 112 g/mol. The molecule has 1 rings (SSSR count). The van der Waals surface area contributed by atoms with Crippen LogP contribution in [0, 0.1) is 20.8 Å². The molecule has 2 heteroatoms. The fourth-order valence-corrected chi connectivity index (χ4v) is 0.753. The average Bonchev–Trinajstić information content (AvgIpc) is 1.59. The van der Waals surface area contributed by atoms with Crippen molar-refractivity contribution in [2.45, 2.75) is 13.8 Å². The van der Waals surface area contributed by atoms with Crippen molar-refractivity contribution in [1.82, 2.24) is 9.97 Å². The molecular formula is C7H8N2. The van der Waals surface area contributed by atoms with Crippen molar-refractivity contribution in [3.05, 3.63) is 30.2 Å². The normalized spacial score (nSPS) is 9.67. The van der Waals surface area contributed by atoms with Crippen LogP contribution in [0.4, 0.5) is 0 Å². The minimum Gasteiger partial charge on any atom is -0.238 e. The monoisotopic (exact) mass is 120 g/mol. The Morgan fingerprint density at radius 3 is 2.00 bits per heavy atom. The topological polar surface area (TPSA) is 25.8 Å². The molecule has 9 heavy (non-hydrogen) atoms. The van der Waals surface area contributed by atoms with Gasteiger partial charge in [-0.2, -0.15) is 0 Å². The van der Waals surface area contributed by atoms with Gasteiger partial charge < -0.3 is 0 Å². The summed E-state index contributed by atoms with van der Waals surface area (Å²) >= 11 is 0. The van der Waals surface area contributed by atoms with E-state index in [-0.39, 0.29) is 0 Å². The molecule has 0 spiro atoms. The van der Waals surface area contributed by atoms with Crippen molar-refractivity contribution >= 4 is 0 Å². The van der Waals surface area contributed by atoms with E-state index in [0.29, 0.717) is 5.82 Å². The standard InChI is InChI=1S/C7H8N2/c1-5-4-6(2)9-7(3)8-5/h3-4H,1-2H3. The van der Waals surface area contributed by atoms with Crippen LogP contribution in [0.1, 0.15) is 17.2 Å². The van der Waals surface area contributed by atoms with E-state index in [4.69, 9.17) is 6.92 Å². The predicted octanol–water partition coefficient (Wildman–Crippen LogP) is 1.15. The van der Waals surface area contributed by atoms with Crippen LogP contribution in [-0.2, 0) is 0 Å². The number of nitrogens with zero attached hydrogens (tertiary/aromatic N) is 2. The minimum atomic E-state index is 0.354. The van der Waals surface area contributed by atoms with Crippen LogP contribution in [0.15, 0.2) is 6.07 Å². The highest BCUT2D eigenvalue weighted by Crippen LogP contribution is 1.96. The van der Waals surface area contributed by atoms with Crippen LogP contribution < -0.4 is 0 Å². The van der Waals surface area contributed by atoms with Gasteiger partial charge in [-0.15, -0.1) is 0 Å². The summed E-state index contributed by atoms with van der Waals surface area (Å²) in [5, 5.41) is 0. The zero-order chi connectivity index (χ0) is 6.85. The quantitative estimate of drug-likeness (QED) is 0.513. The largest absolute Gasteiger partial charge is 0.238 e. The Labute approximate surface area is 55.0 Å². The van der Waals surface area contributed by atoms with Gasteiger partial charge in [-0.05, 0) is 19.9 Å². The van der Waals surface area contributed by atoms with E-state index < -0.39 is 0 Å². The van der Waals surface area contributed by atoms with Crippen LogP contribution in [0.2, 0.25) is 0 Å². The van der Waals surface area contributed by atoms with Gasteiger partial charge in [-0.25, -0.2) is 9.97 Å². The fourth-order valence-electron chi connectivity index (χ4n) is 0.753. The molecule has 1 aromatic heterocycles. The molecule has 0 saturated heterocycles. The molecule has 0 fully saturated rings. The van der Waals surface area contributed by atoms with E-state index >= 15 is 0 Å². The Morgan fingerprint density at radius 1 is 1.22 bits per heavy atom. The highest BCUT2D eigenvalue weighted by molar-refractivity contribution is 5.09. The molecule has 0 N–H and O–H groups in total. The van der Waals surface area contributed by atoms with Crippen LogP contribution >= 0.6 is 0 Å². The summed E-state index contributed by atoms with van der Waals surface area (Å²) in [4.78, 5) is 7.80. The van der Waals surface area contributed by atoms with Crippen molar-refractivity contribution in [1.29, 1.82) is 0 Å². The van der Waals surface area contributed by atoms with Crippen molar-refractivity contribution < 1.29 is 0 Å².